The Morgan fingerprint density at radius 1 is 1.43 bits per heavy atom. The average Bonchev–Trinajstić information content (AvgIpc) is 3.16. The van der Waals surface area contributed by atoms with Crippen LogP contribution in [-0.2, 0) is 22.6 Å². The number of fused-ring (bicyclic) bond motifs is 3. The Kier molecular flexibility index (Phi) is 3.41. The summed E-state index contributed by atoms with van der Waals surface area (Å²) in [6.07, 6.45) is 2.87. The number of hydrogen-bond donors (Lipinski definition) is 0. The number of nitrogens with zero attached hydrogens (tertiary/aromatic N) is 5. The molecule has 0 unspecified atom stereocenters. The third kappa shape index (κ3) is 2.42. The highest BCUT2D eigenvalue weighted by molar-refractivity contribution is 5.79. The van der Waals surface area contributed by atoms with Crippen molar-refractivity contribution in [2.45, 2.75) is 45.4 Å². The van der Waals surface area contributed by atoms with Crippen molar-refractivity contribution in [2.24, 2.45) is 0 Å². The molecule has 1 saturated heterocycles. The first-order valence-electron chi connectivity index (χ1n) is 7.83. The SMILES string of the molecule is Cc1noc(C)c1CC(=O)N1CC[C@H]2[C@H](C1)OCc1cnnn12. The third-order valence-corrected chi connectivity index (χ3v) is 4.79. The van der Waals surface area contributed by atoms with Gasteiger partial charge in [-0.15, -0.1) is 5.10 Å². The molecule has 0 aromatic carbocycles. The Balaban J connectivity index is 1.46. The van der Waals surface area contributed by atoms with E-state index in [-0.39, 0.29) is 18.1 Å². The first-order chi connectivity index (χ1) is 11.1. The summed E-state index contributed by atoms with van der Waals surface area (Å²) >= 11 is 0. The third-order valence-electron chi connectivity index (χ3n) is 4.79. The highest BCUT2D eigenvalue weighted by atomic mass is 16.5. The van der Waals surface area contributed by atoms with Gasteiger partial charge in [0.2, 0.25) is 5.91 Å². The topological polar surface area (TPSA) is 86.3 Å². The monoisotopic (exact) mass is 317 g/mol. The summed E-state index contributed by atoms with van der Waals surface area (Å²) in [4.78, 5) is 14.5. The molecule has 2 aliphatic rings. The van der Waals surface area contributed by atoms with Crippen LogP contribution in [0.1, 0.15) is 35.2 Å². The van der Waals surface area contributed by atoms with Gasteiger partial charge in [-0.05, 0) is 20.3 Å². The van der Waals surface area contributed by atoms with E-state index in [4.69, 9.17) is 9.26 Å². The summed E-state index contributed by atoms with van der Waals surface area (Å²) in [5, 5.41) is 12.0. The van der Waals surface area contributed by atoms with Crippen LogP contribution in [0.5, 0.6) is 0 Å². The van der Waals surface area contributed by atoms with Gasteiger partial charge in [0.25, 0.3) is 0 Å². The zero-order chi connectivity index (χ0) is 16.0. The largest absolute Gasteiger partial charge is 0.368 e. The maximum absolute atomic E-state index is 12.6. The molecule has 0 radical (unpaired) electrons. The van der Waals surface area contributed by atoms with Crippen molar-refractivity contribution in [1.82, 2.24) is 25.1 Å². The van der Waals surface area contributed by atoms with Crippen LogP contribution in [0.25, 0.3) is 0 Å². The fourth-order valence-electron chi connectivity index (χ4n) is 3.43. The normalized spacial score (nSPS) is 23.5. The predicted octanol–water partition coefficient (Wildman–Crippen LogP) is 0.798. The van der Waals surface area contributed by atoms with E-state index in [1.54, 1.807) is 6.20 Å². The van der Waals surface area contributed by atoms with Crippen LogP contribution in [0.2, 0.25) is 0 Å². The van der Waals surface area contributed by atoms with Crippen LogP contribution in [0.3, 0.4) is 0 Å². The maximum atomic E-state index is 12.6. The van der Waals surface area contributed by atoms with Crippen molar-refractivity contribution in [3.05, 3.63) is 28.9 Å². The van der Waals surface area contributed by atoms with Gasteiger partial charge >= 0.3 is 0 Å². The van der Waals surface area contributed by atoms with Crippen molar-refractivity contribution >= 4 is 5.91 Å². The van der Waals surface area contributed by atoms with Crippen molar-refractivity contribution in [3.8, 4) is 0 Å². The van der Waals surface area contributed by atoms with E-state index in [1.807, 2.05) is 23.4 Å². The second-order valence-electron chi connectivity index (χ2n) is 6.19. The Morgan fingerprint density at radius 3 is 3.09 bits per heavy atom. The van der Waals surface area contributed by atoms with Crippen LogP contribution < -0.4 is 0 Å². The Labute approximate surface area is 133 Å². The second kappa shape index (κ2) is 5.45. The fourth-order valence-corrected chi connectivity index (χ4v) is 3.43. The van der Waals surface area contributed by atoms with E-state index >= 15 is 0 Å². The summed E-state index contributed by atoms with van der Waals surface area (Å²) in [5.74, 6) is 0.803. The number of aryl methyl sites for hydroxylation is 2. The number of amides is 1. The summed E-state index contributed by atoms with van der Waals surface area (Å²) < 4.78 is 13.0. The minimum Gasteiger partial charge on any atom is -0.368 e. The first-order valence-corrected chi connectivity index (χ1v) is 7.83. The van der Waals surface area contributed by atoms with Gasteiger partial charge in [-0.3, -0.25) is 4.79 Å². The molecule has 2 aromatic rings. The van der Waals surface area contributed by atoms with Gasteiger partial charge in [-0.2, -0.15) is 0 Å². The zero-order valence-electron chi connectivity index (χ0n) is 13.2. The molecular formula is C15H19N5O3. The Bertz CT molecular complexity index is 718. The standard InChI is InChI=1S/C15H19N5O3/c1-9-12(10(2)23-17-9)5-15(21)19-4-3-13-14(7-19)22-8-11-6-16-18-20(11)13/h6,13-14H,3-5,7-8H2,1-2H3/t13-,14-/m0/s1. The molecule has 0 saturated carbocycles. The van der Waals surface area contributed by atoms with E-state index in [9.17, 15) is 4.79 Å². The van der Waals surface area contributed by atoms with Crippen molar-refractivity contribution in [3.63, 3.8) is 0 Å². The van der Waals surface area contributed by atoms with Crippen LogP contribution in [0, 0.1) is 13.8 Å². The molecular weight excluding hydrogens is 298 g/mol. The predicted molar refractivity (Wildman–Crippen MR) is 78.5 cm³/mol. The second-order valence-corrected chi connectivity index (χ2v) is 6.19. The molecule has 1 amide bonds. The fraction of sp³-hybridized carbons (Fsp3) is 0.600. The molecule has 4 rings (SSSR count). The highest BCUT2D eigenvalue weighted by Crippen LogP contribution is 2.30. The van der Waals surface area contributed by atoms with Gasteiger partial charge in [0.05, 0.1) is 42.8 Å². The van der Waals surface area contributed by atoms with Gasteiger partial charge in [-0.1, -0.05) is 10.4 Å². The lowest BCUT2D eigenvalue weighted by Gasteiger charge is -2.41. The van der Waals surface area contributed by atoms with Crippen molar-refractivity contribution < 1.29 is 14.1 Å². The Morgan fingerprint density at radius 2 is 2.30 bits per heavy atom. The van der Waals surface area contributed by atoms with E-state index in [0.717, 1.165) is 23.4 Å². The zero-order valence-corrected chi connectivity index (χ0v) is 13.2. The van der Waals surface area contributed by atoms with E-state index in [0.29, 0.717) is 31.9 Å². The van der Waals surface area contributed by atoms with Crippen molar-refractivity contribution in [1.29, 1.82) is 0 Å². The summed E-state index contributed by atoms with van der Waals surface area (Å²) in [6, 6.07) is 0.171. The van der Waals surface area contributed by atoms with Crippen molar-refractivity contribution in [2.75, 3.05) is 13.1 Å². The molecule has 0 aliphatic carbocycles. The Hall–Kier alpha value is -2.22. The lowest BCUT2D eigenvalue weighted by atomic mass is 9.99. The van der Waals surface area contributed by atoms with Crippen LogP contribution >= 0.6 is 0 Å². The van der Waals surface area contributed by atoms with Gasteiger partial charge in [0.15, 0.2) is 0 Å². The number of rotatable bonds is 2. The minimum atomic E-state index is -0.0217. The van der Waals surface area contributed by atoms with Gasteiger partial charge in [0, 0.05) is 18.7 Å². The molecule has 122 valence electrons. The number of aromatic nitrogens is 4. The number of piperidine rings is 1. The van der Waals surface area contributed by atoms with E-state index in [2.05, 4.69) is 15.5 Å². The number of likely N-dealkylation sites (tertiary alicyclic amines) is 1. The molecule has 1 fully saturated rings. The maximum Gasteiger partial charge on any atom is 0.227 e. The molecule has 0 spiro atoms. The van der Waals surface area contributed by atoms with E-state index < -0.39 is 0 Å². The van der Waals surface area contributed by atoms with E-state index in [1.165, 1.54) is 0 Å². The van der Waals surface area contributed by atoms with Crippen LogP contribution in [0.15, 0.2) is 10.7 Å². The minimum absolute atomic E-state index is 0.0217. The van der Waals surface area contributed by atoms with Crippen LogP contribution in [0.4, 0.5) is 0 Å². The number of ether oxygens (including phenoxy) is 1. The summed E-state index contributed by atoms with van der Waals surface area (Å²) in [5.41, 5.74) is 2.67. The molecule has 8 heteroatoms. The van der Waals surface area contributed by atoms with Gasteiger partial charge in [-0.25, -0.2) is 4.68 Å². The number of hydrogen-bond acceptors (Lipinski definition) is 6. The first kappa shape index (κ1) is 14.4. The quantitative estimate of drug-likeness (QED) is 0.814. The summed E-state index contributed by atoms with van der Waals surface area (Å²) in [7, 11) is 0. The van der Waals surface area contributed by atoms with Gasteiger partial charge < -0.3 is 14.2 Å². The summed E-state index contributed by atoms with van der Waals surface area (Å²) in [6.45, 7) is 5.49. The molecule has 2 atom stereocenters. The lowest BCUT2D eigenvalue weighted by molar-refractivity contribution is -0.138. The highest BCUT2D eigenvalue weighted by Gasteiger charge is 2.37. The molecule has 8 nitrogen and oxygen atoms in total. The molecule has 2 aromatic heterocycles. The average molecular weight is 317 g/mol. The smallest absolute Gasteiger partial charge is 0.227 e. The molecule has 0 N–H and O–H groups in total. The molecule has 0 bridgehead atoms. The van der Waals surface area contributed by atoms with Gasteiger partial charge in [0.1, 0.15) is 5.76 Å². The number of carbonyl (C=O) groups is 1. The molecule has 23 heavy (non-hydrogen) atoms. The number of carbonyl (C=O) groups excluding carboxylic acids is 1. The molecule has 4 heterocycles. The van der Waals surface area contributed by atoms with Crippen LogP contribution in [-0.4, -0.2) is 50.2 Å². The molecule has 2 aliphatic heterocycles. The lowest BCUT2D eigenvalue weighted by Crippen LogP contribution is -2.50.